The van der Waals surface area contributed by atoms with E-state index in [1.807, 2.05) is 40.7 Å². The van der Waals surface area contributed by atoms with Crippen molar-refractivity contribution in [1.29, 1.82) is 0 Å². The van der Waals surface area contributed by atoms with Crippen molar-refractivity contribution in [3.05, 3.63) is 24.4 Å². The molecule has 0 atom stereocenters. The van der Waals surface area contributed by atoms with E-state index in [4.69, 9.17) is 0 Å². The second-order valence-electron chi connectivity index (χ2n) is 1.98. The van der Waals surface area contributed by atoms with Gasteiger partial charge in [-0.25, -0.2) is 0 Å². The van der Waals surface area contributed by atoms with Crippen LogP contribution in [-0.4, -0.2) is 5.71 Å². The predicted molar refractivity (Wildman–Crippen MR) is 54.1 cm³/mol. The first kappa shape index (κ1) is 12.8. The van der Waals surface area contributed by atoms with Crippen LogP contribution in [0.2, 0.25) is 0 Å². The fourth-order valence-electron chi connectivity index (χ4n) is 0.297. The second kappa shape index (κ2) is 9.15. The molecule has 0 rings (SSSR count). The molecule has 0 unspecified atom stereocenters. The first-order valence-electron chi connectivity index (χ1n) is 4.00. The maximum Gasteiger partial charge on any atom is 0.0395 e. The summed E-state index contributed by atoms with van der Waals surface area (Å²) in [6, 6.07) is 0. The lowest BCUT2D eigenvalue weighted by Gasteiger charge is -1.91. The molecule has 0 aromatic rings. The van der Waals surface area contributed by atoms with Gasteiger partial charge < -0.3 is 0 Å². The highest BCUT2D eigenvalue weighted by molar-refractivity contribution is 5.97. The van der Waals surface area contributed by atoms with Crippen molar-refractivity contribution < 1.29 is 0 Å². The summed E-state index contributed by atoms with van der Waals surface area (Å²) in [7, 11) is 0. The van der Waals surface area contributed by atoms with Crippen LogP contribution < -0.4 is 0 Å². The van der Waals surface area contributed by atoms with E-state index < -0.39 is 0 Å². The molecule has 0 radical (unpaired) electrons. The zero-order valence-corrected chi connectivity index (χ0v) is 8.31. The Labute approximate surface area is 70.5 Å². The monoisotopic (exact) mass is 153 g/mol. The van der Waals surface area contributed by atoms with E-state index in [-0.39, 0.29) is 0 Å². The molecule has 0 aromatic carbocycles. The van der Waals surface area contributed by atoms with E-state index in [0.29, 0.717) is 0 Å². The largest absolute Gasteiger partial charge is 0.262 e. The third kappa shape index (κ3) is 9.15. The van der Waals surface area contributed by atoms with Crippen LogP contribution in [-0.2, 0) is 0 Å². The van der Waals surface area contributed by atoms with Gasteiger partial charge in [0.05, 0.1) is 0 Å². The fraction of sp³-hybridized carbons (Fsp3) is 0.500. The Morgan fingerprint density at radius 1 is 1.27 bits per heavy atom. The van der Waals surface area contributed by atoms with Crippen LogP contribution in [0.3, 0.4) is 0 Å². The second-order valence-corrected chi connectivity index (χ2v) is 1.98. The average molecular weight is 153 g/mol. The molecule has 0 bridgehead atoms. The zero-order valence-electron chi connectivity index (χ0n) is 8.31. The lowest BCUT2D eigenvalue weighted by atomic mass is 10.2. The molecular weight excluding hydrogens is 134 g/mol. The fourth-order valence-corrected chi connectivity index (χ4v) is 0.297. The molecule has 0 saturated carbocycles. The van der Waals surface area contributed by atoms with Crippen molar-refractivity contribution in [3.63, 3.8) is 0 Å². The third-order valence-electron chi connectivity index (χ3n) is 1.03. The summed E-state index contributed by atoms with van der Waals surface area (Å²) in [4.78, 5) is 4.08. The Kier molecular flexibility index (Phi) is 10.6. The van der Waals surface area contributed by atoms with Crippen molar-refractivity contribution in [2.45, 2.75) is 34.6 Å². The summed E-state index contributed by atoms with van der Waals surface area (Å²) in [5, 5.41) is 0. The molecule has 0 aliphatic carbocycles. The Morgan fingerprint density at radius 3 is 2.00 bits per heavy atom. The summed E-state index contributed by atoms with van der Waals surface area (Å²) < 4.78 is 0. The van der Waals surface area contributed by atoms with Crippen LogP contribution in [0.4, 0.5) is 0 Å². The van der Waals surface area contributed by atoms with Gasteiger partial charge in [-0.3, -0.25) is 4.99 Å². The number of allylic oxidation sites excluding steroid dienone is 2. The highest BCUT2D eigenvalue weighted by atomic mass is 14.7. The van der Waals surface area contributed by atoms with Crippen LogP contribution in [0.25, 0.3) is 0 Å². The normalized spacial score (nSPS) is 10.8. The molecule has 11 heavy (non-hydrogen) atoms. The average Bonchev–Trinajstić information content (AvgIpc) is 2.03. The van der Waals surface area contributed by atoms with E-state index in [1.54, 1.807) is 6.20 Å². The van der Waals surface area contributed by atoms with Crippen molar-refractivity contribution >= 4 is 5.71 Å². The van der Waals surface area contributed by atoms with Gasteiger partial charge in [0.15, 0.2) is 0 Å². The van der Waals surface area contributed by atoms with Crippen molar-refractivity contribution in [2.24, 2.45) is 4.99 Å². The summed E-state index contributed by atoms with van der Waals surface area (Å²) in [5.74, 6) is 0. The van der Waals surface area contributed by atoms with Gasteiger partial charge in [0.1, 0.15) is 0 Å². The highest BCUT2D eigenvalue weighted by Crippen LogP contribution is 1.91. The van der Waals surface area contributed by atoms with Crippen molar-refractivity contribution in [1.82, 2.24) is 0 Å². The topological polar surface area (TPSA) is 12.4 Å². The Morgan fingerprint density at radius 2 is 1.73 bits per heavy atom. The lowest BCUT2D eigenvalue weighted by molar-refractivity contribution is 1.46. The molecule has 0 aliphatic rings. The molecule has 0 fully saturated rings. The van der Waals surface area contributed by atoms with Gasteiger partial charge in [-0.1, -0.05) is 26.5 Å². The van der Waals surface area contributed by atoms with Crippen LogP contribution in [0.1, 0.15) is 34.6 Å². The molecular formula is C10H19N. The molecule has 0 aliphatic heterocycles. The molecule has 0 heterocycles. The van der Waals surface area contributed by atoms with Gasteiger partial charge in [-0.2, -0.15) is 0 Å². The minimum Gasteiger partial charge on any atom is -0.262 e. The summed E-state index contributed by atoms with van der Waals surface area (Å²) in [6.07, 6.45) is 3.66. The number of hydrogen-bond acceptors (Lipinski definition) is 1. The first-order chi connectivity index (χ1) is 5.18. The Bertz CT molecular complexity index is 152. The Balaban J connectivity index is 0. The van der Waals surface area contributed by atoms with Crippen LogP contribution in [0.5, 0.6) is 0 Å². The molecule has 0 spiro atoms. The van der Waals surface area contributed by atoms with Crippen LogP contribution in [0.15, 0.2) is 29.4 Å². The predicted octanol–water partition coefficient (Wildman–Crippen LogP) is 3.58. The van der Waals surface area contributed by atoms with Gasteiger partial charge in [0.2, 0.25) is 0 Å². The SMILES string of the molecule is C=C(C)C(C)=N/C=C\C.CC. The number of nitrogens with zero attached hydrogens (tertiary/aromatic N) is 1. The minimum absolute atomic E-state index is 0.994. The molecule has 1 heteroatoms. The van der Waals surface area contributed by atoms with Gasteiger partial charge >= 0.3 is 0 Å². The zero-order chi connectivity index (χ0) is 9.28. The minimum atomic E-state index is 0.994. The maximum absolute atomic E-state index is 4.08. The molecule has 0 amide bonds. The Hall–Kier alpha value is -0.850. The first-order valence-corrected chi connectivity index (χ1v) is 4.00. The number of aliphatic imine (C=N–C) groups is 1. The molecule has 0 N–H and O–H groups in total. The van der Waals surface area contributed by atoms with Gasteiger partial charge in [0.25, 0.3) is 0 Å². The summed E-state index contributed by atoms with van der Waals surface area (Å²) in [5.41, 5.74) is 2.02. The van der Waals surface area contributed by atoms with Crippen LogP contribution in [0, 0.1) is 0 Å². The number of rotatable bonds is 2. The third-order valence-corrected chi connectivity index (χ3v) is 1.03. The summed E-state index contributed by atoms with van der Waals surface area (Å²) >= 11 is 0. The maximum atomic E-state index is 4.08. The molecule has 0 aromatic heterocycles. The highest BCUT2D eigenvalue weighted by Gasteiger charge is 1.85. The lowest BCUT2D eigenvalue weighted by Crippen LogP contribution is -1.88. The number of hydrogen-bond donors (Lipinski definition) is 0. The quantitative estimate of drug-likeness (QED) is 0.538. The van der Waals surface area contributed by atoms with Gasteiger partial charge in [0, 0.05) is 11.9 Å². The smallest absolute Gasteiger partial charge is 0.0395 e. The van der Waals surface area contributed by atoms with E-state index in [9.17, 15) is 0 Å². The standard InChI is InChI=1S/C8H13N.C2H6/c1-5-6-9-8(4)7(2)3;1-2/h5-6H,2H2,1,3-4H3;1-2H3/b6-5-,9-8?;. The van der Waals surface area contributed by atoms with Gasteiger partial charge in [-0.15, -0.1) is 0 Å². The summed E-state index contributed by atoms with van der Waals surface area (Å²) in [6.45, 7) is 13.6. The van der Waals surface area contributed by atoms with Crippen molar-refractivity contribution in [3.8, 4) is 0 Å². The van der Waals surface area contributed by atoms with E-state index in [0.717, 1.165) is 11.3 Å². The molecule has 1 nitrogen and oxygen atoms in total. The van der Waals surface area contributed by atoms with E-state index in [1.165, 1.54) is 0 Å². The van der Waals surface area contributed by atoms with Gasteiger partial charge in [-0.05, 0) is 26.3 Å². The molecule has 64 valence electrons. The van der Waals surface area contributed by atoms with E-state index in [2.05, 4.69) is 11.6 Å². The van der Waals surface area contributed by atoms with E-state index >= 15 is 0 Å². The molecule has 0 saturated heterocycles. The van der Waals surface area contributed by atoms with Crippen molar-refractivity contribution in [2.75, 3.05) is 0 Å². The van der Waals surface area contributed by atoms with Crippen LogP contribution >= 0.6 is 0 Å².